The van der Waals surface area contributed by atoms with Crippen molar-refractivity contribution >= 4 is 17.9 Å². The first kappa shape index (κ1) is 15.0. The molecule has 1 aromatic rings. The van der Waals surface area contributed by atoms with E-state index in [2.05, 4.69) is 10.3 Å². The van der Waals surface area contributed by atoms with Gasteiger partial charge in [-0.05, 0) is 45.4 Å². The minimum atomic E-state index is -0.470. The molecule has 104 valence electrons. The second-order valence-electron chi connectivity index (χ2n) is 5.10. The molecule has 0 aliphatic heterocycles. The van der Waals surface area contributed by atoms with Gasteiger partial charge in [0.1, 0.15) is 5.60 Å². The summed E-state index contributed by atoms with van der Waals surface area (Å²) in [6.45, 7) is 6.00. The maximum absolute atomic E-state index is 11.4. The summed E-state index contributed by atoms with van der Waals surface area (Å²) in [5.74, 6) is 0. The number of nitrogens with two attached hydrogens (primary N) is 1. The van der Waals surface area contributed by atoms with Gasteiger partial charge < -0.3 is 15.8 Å². The predicted octanol–water partition coefficient (Wildman–Crippen LogP) is 2.59. The highest BCUT2D eigenvalue weighted by Crippen LogP contribution is 2.09. The lowest BCUT2D eigenvalue weighted by Crippen LogP contribution is -2.32. The molecule has 0 atom stereocenters. The van der Waals surface area contributed by atoms with E-state index in [1.54, 1.807) is 18.3 Å². The van der Waals surface area contributed by atoms with Gasteiger partial charge in [0.2, 0.25) is 0 Å². The lowest BCUT2D eigenvalue weighted by Gasteiger charge is -2.19. The van der Waals surface area contributed by atoms with E-state index in [1.807, 2.05) is 32.9 Å². The molecule has 5 nitrogen and oxygen atoms in total. The normalized spacial score (nSPS) is 11.5. The summed E-state index contributed by atoms with van der Waals surface area (Å²) in [5, 5.41) is 2.68. The Hall–Kier alpha value is -2.04. The zero-order valence-electron chi connectivity index (χ0n) is 11.6. The second kappa shape index (κ2) is 6.78. The Morgan fingerprint density at radius 1 is 1.53 bits per heavy atom. The van der Waals surface area contributed by atoms with Crippen molar-refractivity contribution in [2.75, 3.05) is 12.3 Å². The molecule has 19 heavy (non-hydrogen) atoms. The molecule has 0 saturated carbocycles. The average Bonchev–Trinajstić information content (AvgIpc) is 2.28. The number of alkyl carbamates (subject to hydrolysis) is 1. The number of hydrogen-bond donors (Lipinski definition) is 2. The van der Waals surface area contributed by atoms with Crippen molar-refractivity contribution in [2.45, 2.75) is 32.8 Å². The van der Waals surface area contributed by atoms with Crippen LogP contribution in [0.15, 0.2) is 24.4 Å². The molecule has 0 aliphatic carbocycles. The molecule has 1 amide bonds. The summed E-state index contributed by atoms with van der Waals surface area (Å²) in [5.41, 5.74) is 6.65. The molecule has 3 N–H and O–H groups in total. The van der Waals surface area contributed by atoms with Crippen molar-refractivity contribution in [3.63, 3.8) is 0 Å². The molecule has 1 aromatic heterocycles. The quantitative estimate of drug-likeness (QED) is 0.818. The molecule has 0 bridgehead atoms. The smallest absolute Gasteiger partial charge is 0.407 e. The van der Waals surface area contributed by atoms with Crippen molar-refractivity contribution in [3.05, 3.63) is 30.1 Å². The van der Waals surface area contributed by atoms with Gasteiger partial charge in [0.15, 0.2) is 0 Å². The summed E-state index contributed by atoms with van der Waals surface area (Å²) in [6.07, 6.45) is 5.73. The third-order valence-corrected chi connectivity index (χ3v) is 2.13. The van der Waals surface area contributed by atoms with Crippen molar-refractivity contribution in [2.24, 2.45) is 0 Å². The largest absolute Gasteiger partial charge is 0.444 e. The number of rotatable bonds is 4. The Balaban J connectivity index is 2.28. The molecular weight excluding hydrogens is 242 g/mol. The zero-order chi connectivity index (χ0) is 14.3. The number of ether oxygens (including phenoxy) is 1. The number of carbonyl (C=O) groups excluding carboxylic acids is 1. The Morgan fingerprint density at radius 3 is 2.89 bits per heavy atom. The SMILES string of the molecule is CC(C)(C)OC(=O)NCCC=Cc1ncccc1N. The highest BCUT2D eigenvalue weighted by atomic mass is 16.6. The molecule has 5 heteroatoms. The third kappa shape index (κ3) is 6.45. The van der Waals surface area contributed by atoms with Crippen molar-refractivity contribution in [1.82, 2.24) is 10.3 Å². The van der Waals surface area contributed by atoms with Crippen LogP contribution in [0.25, 0.3) is 6.08 Å². The highest BCUT2D eigenvalue weighted by molar-refractivity contribution is 5.67. The predicted molar refractivity (Wildman–Crippen MR) is 76.5 cm³/mol. The molecule has 1 heterocycles. The molecule has 0 spiro atoms. The van der Waals surface area contributed by atoms with E-state index in [9.17, 15) is 4.79 Å². The van der Waals surface area contributed by atoms with E-state index >= 15 is 0 Å². The maximum Gasteiger partial charge on any atom is 0.407 e. The van der Waals surface area contributed by atoms with Crippen molar-refractivity contribution in [3.8, 4) is 0 Å². The van der Waals surface area contributed by atoms with E-state index in [0.717, 1.165) is 5.69 Å². The standard InChI is InChI=1S/C14H21N3O2/c1-14(2,3)19-13(18)17-9-5-4-8-12-11(15)7-6-10-16-12/h4,6-8,10H,5,9,15H2,1-3H3,(H,17,18). The molecule has 0 aromatic carbocycles. The Bertz CT molecular complexity index is 450. The fourth-order valence-electron chi connectivity index (χ4n) is 1.34. The minimum Gasteiger partial charge on any atom is -0.444 e. The average molecular weight is 263 g/mol. The Morgan fingerprint density at radius 2 is 2.26 bits per heavy atom. The number of hydrogen-bond acceptors (Lipinski definition) is 4. The topological polar surface area (TPSA) is 77.2 Å². The van der Waals surface area contributed by atoms with E-state index in [-0.39, 0.29) is 0 Å². The number of nitrogens with one attached hydrogen (secondary N) is 1. The van der Waals surface area contributed by atoms with Gasteiger partial charge in [-0.2, -0.15) is 0 Å². The van der Waals surface area contributed by atoms with Crippen molar-refractivity contribution < 1.29 is 9.53 Å². The molecule has 0 fully saturated rings. The van der Waals surface area contributed by atoms with Crippen LogP contribution in [0.5, 0.6) is 0 Å². The van der Waals surface area contributed by atoms with E-state index in [1.165, 1.54) is 0 Å². The number of carbonyl (C=O) groups is 1. The molecule has 1 rings (SSSR count). The van der Waals surface area contributed by atoms with Gasteiger partial charge in [0.25, 0.3) is 0 Å². The number of anilines is 1. The van der Waals surface area contributed by atoms with Crippen LogP contribution < -0.4 is 11.1 Å². The van der Waals surface area contributed by atoms with E-state index in [4.69, 9.17) is 10.5 Å². The number of amides is 1. The molecule has 0 saturated heterocycles. The number of nitrogen functional groups attached to an aromatic ring is 1. The van der Waals surface area contributed by atoms with E-state index in [0.29, 0.717) is 18.7 Å². The first-order valence-electron chi connectivity index (χ1n) is 6.22. The number of nitrogens with zero attached hydrogens (tertiary/aromatic N) is 1. The third-order valence-electron chi connectivity index (χ3n) is 2.13. The first-order chi connectivity index (χ1) is 8.88. The van der Waals surface area contributed by atoms with E-state index < -0.39 is 11.7 Å². The maximum atomic E-state index is 11.4. The molecule has 0 aliphatic rings. The minimum absolute atomic E-state index is 0.404. The van der Waals surface area contributed by atoms with Crippen LogP contribution in [0.2, 0.25) is 0 Å². The van der Waals surface area contributed by atoms with Crippen LogP contribution in [0.1, 0.15) is 32.9 Å². The molecular formula is C14H21N3O2. The summed E-state index contributed by atoms with van der Waals surface area (Å²) in [7, 11) is 0. The van der Waals surface area contributed by atoms with Crippen LogP contribution in [-0.2, 0) is 4.74 Å². The van der Waals surface area contributed by atoms with Crippen molar-refractivity contribution in [1.29, 1.82) is 0 Å². The van der Waals surface area contributed by atoms with Crippen LogP contribution in [-0.4, -0.2) is 23.2 Å². The summed E-state index contributed by atoms with van der Waals surface area (Å²) in [6, 6.07) is 3.59. The van der Waals surface area contributed by atoms with Crippen LogP contribution in [0, 0.1) is 0 Å². The van der Waals surface area contributed by atoms with Gasteiger partial charge in [-0.3, -0.25) is 4.98 Å². The lowest BCUT2D eigenvalue weighted by atomic mass is 10.2. The van der Waals surface area contributed by atoms with Crippen LogP contribution >= 0.6 is 0 Å². The number of pyridine rings is 1. The monoisotopic (exact) mass is 263 g/mol. The van der Waals surface area contributed by atoms with Gasteiger partial charge >= 0.3 is 6.09 Å². The lowest BCUT2D eigenvalue weighted by molar-refractivity contribution is 0.0529. The molecule has 0 radical (unpaired) electrons. The van der Waals surface area contributed by atoms with Gasteiger partial charge in [0, 0.05) is 12.7 Å². The fourth-order valence-corrected chi connectivity index (χ4v) is 1.34. The summed E-state index contributed by atoms with van der Waals surface area (Å²) < 4.78 is 5.12. The second-order valence-corrected chi connectivity index (χ2v) is 5.10. The fraction of sp³-hybridized carbons (Fsp3) is 0.429. The number of aromatic nitrogens is 1. The van der Waals surface area contributed by atoms with Gasteiger partial charge in [-0.1, -0.05) is 6.08 Å². The summed E-state index contributed by atoms with van der Waals surface area (Å²) in [4.78, 5) is 15.5. The van der Waals surface area contributed by atoms with Gasteiger partial charge in [-0.15, -0.1) is 0 Å². The van der Waals surface area contributed by atoms with Crippen LogP contribution in [0.4, 0.5) is 10.5 Å². The van der Waals surface area contributed by atoms with Gasteiger partial charge in [-0.25, -0.2) is 4.79 Å². The van der Waals surface area contributed by atoms with Gasteiger partial charge in [0.05, 0.1) is 11.4 Å². The molecule has 0 unspecified atom stereocenters. The summed E-state index contributed by atoms with van der Waals surface area (Å²) >= 11 is 0. The zero-order valence-corrected chi connectivity index (χ0v) is 11.6. The Labute approximate surface area is 113 Å². The first-order valence-corrected chi connectivity index (χ1v) is 6.22. The van der Waals surface area contributed by atoms with Crippen LogP contribution in [0.3, 0.4) is 0 Å². The highest BCUT2D eigenvalue weighted by Gasteiger charge is 2.15. The Kier molecular flexibility index (Phi) is 5.36.